The number of nitrogens with one attached hydrogen (secondary N) is 1. The van der Waals surface area contributed by atoms with E-state index < -0.39 is 11.6 Å². The summed E-state index contributed by atoms with van der Waals surface area (Å²) in [5.41, 5.74) is 2.26. The molecule has 1 aromatic rings. The molecule has 1 saturated carbocycles. The predicted octanol–water partition coefficient (Wildman–Crippen LogP) is 0.673. The number of nitrogens with zero attached hydrogens (tertiary/aromatic N) is 2. The number of hydrogen-bond acceptors (Lipinski definition) is 3. The molecule has 4 nitrogen and oxygen atoms in total. The molecular weight excluding hydrogens is 183 g/mol. The van der Waals surface area contributed by atoms with Gasteiger partial charge in [0.05, 0.1) is 6.04 Å². The molecule has 0 saturated heterocycles. The monoisotopic (exact) mass is 198 g/mol. The lowest BCUT2D eigenvalue weighted by Crippen LogP contribution is -2.36. The standard InChI is InChI=1S/C9H15FN4/c1-9(5-6(9)10)7(13-11)8-12-3-4-14(8)2/h3-4,6-7,13H,5,11H2,1-2H3. The van der Waals surface area contributed by atoms with Crippen LogP contribution in [-0.4, -0.2) is 15.7 Å². The third-order valence-electron chi connectivity index (χ3n) is 3.12. The molecular formula is C9H15FN4. The van der Waals surface area contributed by atoms with Gasteiger partial charge in [0.25, 0.3) is 0 Å². The smallest absolute Gasteiger partial charge is 0.127 e. The van der Waals surface area contributed by atoms with E-state index in [0.29, 0.717) is 6.42 Å². The molecule has 14 heavy (non-hydrogen) atoms. The number of rotatable bonds is 3. The largest absolute Gasteiger partial charge is 0.337 e. The number of aromatic nitrogens is 2. The van der Waals surface area contributed by atoms with E-state index in [-0.39, 0.29) is 6.04 Å². The van der Waals surface area contributed by atoms with Crippen LogP contribution in [-0.2, 0) is 7.05 Å². The van der Waals surface area contributed by atoms with Crippen molar-refractivity contribution in [2.45, 2.75) is 25.6 Å². The Morgan fingerprint density at radius 1 is 1.86 bits per heavy atom. The highest BCUT2D eigenvalue weighted by molar-refractivity contribution is 5.14. The van der Waals surface area contributed by atoms with Crippen LogP contribution in [0.15, 0.2) is 12.4 Å². The minimum atomic E-state index is -0.778. The van der Waals surface area contributed by atoms with Gasteiger partial charge in [-0.1, -0.05) is 6.92 Å². The van der Waals surface area contributed by atoms with Crippen LogP contribution >= 0.6 is 0 Å². The molecule has 0 bridgehead atoms. The second kappa shape index (κ2) is 3.03. The summed E-state index contributed by atoms with van der Waals surface area (Å²) in [6.07, 6.45) is 3.30. The summed E-state index contributed by atoms with van der Waals surface area (Å²) >= 11 is 0. The summed E-state index contributed by atoms with van der Waals surface area (Å²) in [4.78, 5) is 4.18. The summed E-state index contributed by atoms with van der Waals surface area (Å²) in [5, 5.41) is 0. The van der Waals surface area contributed by atoms with Crippen molar-refractivity contribution in [3.05, 3.63) is 18.2 Å². The zero-order valence-corrected chi connectivity index (χ0v) is 8.37. The lowest BCUT2D eigenvalue weighted by Gasteiger charge is -2.21. The molecule has 0 amide bonds. The van der Waals surface area contributed by atoms with Gasteiger partial charge in [0, 0.05) is 24.9 Å². The molecule has 0 radical (unpaired) electrons. The molecule has 3 atom stereocenters. The molecule has 3 N–H and O–H groups in total. The minimum absolute atomic E-state index is 0.211. The van der Waals surface area contributed by atoms with Crippen LogP contribution in [0.3, 0.4) is 0 Å². The van der Waals surface area contributed by atoms with Crippen molar-refractivity contribution in [3.8, 4) is 0 Å². The molecule has 0 spiro atoms. The van der Waals surface area contributed by atoms with Gasteiger partial charge in [-0.3, -0.25) is 5.84 Å². The first kappa shape index (κ1) is 9.61. The maximum absolute atomic E-state index is 13.2. The average Bonchev–Trinajstić information content (AvgIpc) is 2.57. The fourth-order valence-corrected chi connectivity index (χ4v) is 1.84. The van der Waals surface area contributed by atoms with E-state index in [1.807, 2.05) is 24.7 Å². The molecule has 1 aliphatic rings. The average molecular weight is 198 g/mol. The van der Waals surface area contributed by atoms with E-state index in [1.165, 1.54) is 0 Å². The van der Waals surface area contributed by atoms with Crippen LogP contribution in [0.2, 0.25) is 0 Å². The van der Waals surface area contributed by atoms with Gasteiger partial charge in [-0.2, -0.15) is 0 Å². The van der Waals surface area contributed by atoms with Crippen molar-refractivity contribution in [1.29, 1.82) is 0 Å². The van der Waals surface area contributed by atoms with Crippen LogP contribution in [0.5, 0.6) is 0 Å². The quantitative estimate of drug-likeness (QED) is 0.554. The highest BCUT2D eigenvalue weighted by atomic mass is 19.1. The first-order valence-corrected chi connectivity index (χ1v) is 4.67. The molecule has 1 aliphatic carbocycles. The van der Waals surface area contributed by atoms with E-state index in [1.54, 1.807) is 6.20 Å². The number of nitrogens with two attached hydrogens (primary N) is 1. The number of halogens is 1. The van der Waals surface area contributed by atoms with Crippen molar-refractivity contribution in [1.82, 2.24) is 15.0 Å². The van der Waals surface area contributed by atoms with E-state index in [2.05, 4.69) is 10.4 Å². The Morgan fingerprint density at radius 3 is 2.86 bits per heavy atom. The van der Waals surface area contributed by atoms with Crippen LogP contribution < -0.4 is 11.3 Å². The topological polar surface area (TPSA) is 55.9 Å². The van der Waals surface area contributed by atoms with E-state index in [4.69, 9.17) is 5.84 Å². The van der Waals surface area contributed by atoms with Gasteiger partial charge in [0.1, 0.15) is 12.0 Å². The zero-order chi connectivity index (χ0) is 10.3. The Kier molecular flexibility index (Phi) is 2.08. The minimum Gasteiger partial charge on any atom is -0.337 e. The summed E-state index contributed by atoms with van der Waals surface area (Å²) in [7, 11) is 1.88. The van der Waals surface area contributed by atoms with Crippen LogP contribution in [0, 0.1) is 5.41 Å². The van der Waals surface area contributed by atoms with Crippen molar-refractivity contribution in [2.75, 3.05) is 0 Å². The third kappa shape index (κ3) is 1.24. The second-order valence-electron chi connectivity index (χ2n) is 4.17. The summed E-state index contributed by atoms with van der Waals surface area (Å²) < 4.78 is 15.0. The molecule has 0 aliphatic heterocycles. The Balaban J connectivity index is 2.27. The molecule has 0 aromatic carbocycles. The van der Waals surface area contributed by atoms with Crippen LogP contribution in [0.4, 0.5) is 4.39 Å². The fraction of sp³-hybridized carbons (Fsp3) is 0.667. The molecule has 1 aromatic heterocycles. The molecule has 78 valence electrons. The van der Waals surface area contributed by atoms with Crippen molar-refractivity contribution in [3.63, 3.8) is 0 Å². The van der Waals surface area contributed by atoms with Gasteiger partial charge in [0.2, 0.25) is 0 Å². The van der Waals surface area contributed by atoms with Gasteiger partial charge in [-0.15, -0.1) is 0 Å². The van der Waals surface area contributed by atoms with Gasteiger partial charge < -0.3 is 4.57 Å². The SMILES string of the molecule is Cn1ccnc1C(NN)C1(C)CC1F. The van der Waals surface area contributed by atoms with E-state index >= 15 is 0 Å². The predicted molar refractivity (Wildman–Crippen MR) is 50.9 cm³/mol. The highest BCUT2D eigenvalue weighted by Crippen LogP contribution is 2.55. The number of alkyl halides is 1. The number of imidazole rings is 1. The number of hydrazine groups is 1. The first-order valence-electron chi connectivity index (χ1n) is 4.67. The maximum Gasteiger partial charge on any atom is 0.127 e. The molecule has 1 fully saturated rings. The van der Waals surface area contributed by atoms with Crippen molar-refractivity contribution >= 4 is 0 Å². The van der Waals surface area contributed by atoms with Crippen molar-refractivity contribution in [2.24, 2.45) is 18.3 Å². The van der Waals surface area contributed by atoms with Gasteiger partial charge in [-0.05, 0) is 6.42 Å². The Morgan fingerprint density at radius 2 is 2.50 bits per heavy atom. The number of hydrogen-bond donors (Lipinski definition) is 2. The van der Waals surface area contributed by atoms with Gasteiger partial charge in [0.15, 0.2) is 0 Å². The summed E-state index contributed by atoms with van der Waals surface area (Å²) in [5.74, 6) is 6.24. The Labute approximate surface area is 82.3 Å². The maximum atomic E-state index is 13.2. The molecule has 2 rings (SSSR count). The van der Waals surface area contributed by atoms with Crippen molar-refractivity contribution < 1.29 is 4.39 Å². The number of aryl methyl sites for hydroxylation is 1. The fourth-order valence-electron chi connectivity index (χ4n) is 1.84. The van der Waals surface area contributed by atoms with Crippen LogP contribution in [0.25, 0.3) is 0 Å². The second-order valence-corrected chi connectivity index (χ2v) is 4.17. The third-order valence-corrected chi connectivity index (χ3v) is 3.12. The molecule has 3 unspecified atom stereocenters. The van der Waals surface area contributed by atoms with E-state index in [0.717, 1.165) is 5.82 Å². The lowest BCUT2D eigenvalue weighted by atomic mass is 9.98. The van der Waals surface area contributed by atoms with Gasteiger partial charge >= 0.3 is 0 Å². The normalized spacial score (nSPS) is 33.0. The van der Waals surface area contributed by atoms with Crippen LogP contribution in [0.1, 0.15) is 25.2 Å². The highest BCUT2D eigenvalue weighted by Gasteiger charge is 2.57. The molecule has 5 heteroatoms. The van der Waals surface area contributed by atoms with E-state index in [9.17, 15) is 4.39 Å². The summed E-state index contributed by atoms with van der Waals surface area (Å²) in [6.45, 7) is 1.89. The Bertz CT molecular complexity index is 337. The first-order chi connectivity index (χ1) is 6.59. The Hall–Kier alpha value is -0.940. The summed E-state index contributed by atoms with van der Waals surface area (Å²) in [6, 6.07) is -0.211. The molecule has 1 heterocycles. The lowest BCUT2D eigenvalue weighted by molar-refractivity contribution is 0.282. The van der Waals surface area contributed by atoms with Gasteiger partial charge in [-0.25, -0.2) is 14.8 Å². The zero-order valence-electron chi connectivity index (χ0n) is 8.37.